The van der Waals surface area contributed by atoms with Crippen molar-refractivity contribution >= 4 is 23.2 Å². The Morgan fingerprint density at radius 3 is 2.37 bits per heavy atom. The van der Waals surface area contributed by atoms with Crippen molar-refractivity contribution in [2.24, 2.45) is 5.73 Å². The molecule has 0 amide bonds. The summed E-state index contributed by atoms with van der Waals surface area (Å²) in [5.41, 5.74) is 5.91. The third-order valence-corrected chi connectivity index (χ3v) is 3.60. The molecule has 2 aromatic carbocycles. The van der Waals surface area contributed by atoms with E-state index >= 15 is 0 Å². The number of hydrogen-bond donors (Lipinski definition) is 1. The van der Waals surface area contributed by atoms with Gasteiger partial charge in [-0.05, 0) is 42.3 Å². The average Bonchev–Trinajstić information content (AvgIpc) is 2.33. The molecule has 5 heteroatoms. The zero-order valence-electron chi connectivity index (χ0n) is 10.1. The van der Waals surface area contributed by atoms with Crippen molar-refractivity contribution in [2.45, 2.75) is 12.5 Å². The van der Waals surface area contributed by atoms with E-state index in [1.54, 1.807) is 13.0 Å². The zero-order chi connectivity index (χ0) is 14.2. The maximum absolute atomic E-state index is 13.6. The van der Waals surface area contributed by atoms with Crippen LogP contribution in [0.15, 0.2) is 36.4 Å². The van der Waals surface area contributed by atoms with E-state index in [2.05, 4.69) is 0 Å². The Morgan fingerprint density at radius 2 is 1.74 bits per heavy atom. The molecule has 0 radical (unpaired) electrons. The van der Waals surface area contributed by atoms with Gasteiger partial charge in [0.05, 0.1) is 10.6 Å². The standard InChI is InChI=1S/C14H11Cl2F2N/c1-14(19,8-3-2-4-9(17)5-8)10-6-13(18)12(16)7-11(10)15/h2-7H,19H2,1H3. The first-order valence-electron chi connectivity index (χ1n) is 5.52. The van der Waals surface area contributed by atoms with Crippen molar-refractivity contribution in [3.05, 3.63) is 69.2 Å². The van der Waals surface area contributed by atoms with Crippen molar-refractivity contribution in [3.8, 4) is 0 Å². The van der Waals surface area contributed by atoms with Gasteiger partial charge in [0.2, 0.25) is 0 Å². The van der Waals surface area contributed by atoms with E-state index in [0.717, 1.165) is 0 Å². The van der Waals surface area contributed by atoms with Crippen LogP contribution in [0.1, 0.15) is 18.1 Å². The lowest BCUT2D eigenvalue weighted by Gasteiger charge is -2.27. The van der Waals surface area contributed by atoms with Crippen molar-refractivity contribution in [3.63, 3.8) is 0 Å². The molecule has 1 unspecified atom stereocenters. The number of rotatable bonds is 2. The first-order chi connectivity index (χ1) is 8.82. The van der Waals surface area contributed by atoms with Gasteiger partial charge in [0.25, 0.3) is 0 Å². The monoisotopic (exact) mass is 301 g/mol. The number of halogens is 4. The van der Waals surface area contributed by atoms with Crippen LogP contribution in [0.3, 0.4) is 0 Å². The molecule has 1 nitrogen and oxygen atoms in total. The van der Waals surface area contributed by atoms with Gasteiger partial charge >= 0.3 is 0 Å². The summed E-state index contributed by atoms with van der Waals surface area (Å²) in [7, 11) is 0. The summed E-state index contributed by atoms with van der Waals surface area (Å²) in [6.45, 7) is 1.64. The zero-order valence-corrected chi connectivity index (χ0v) is 11.6. The van der Waals surface area contributed by atoms with Crippen LogP contribution in [-0.4, -0.2) is 0 Å². The SMILES string of the molecule is CC(N)(c1cccc(F)c1)c1cc(F)c(Cl)cc1Cl. The Labute approximate surface area is 119 Å². The third kappa shape index (κ3) is 2.73. The van der Waals surface area contributed by atoms with Gasteiger partial charge in [-0.3, -0.25) is 0 Å². The molecule has 0 bridgehead atoms. The molecule has 0 aliphatic carbocycles. The van der Waals surface area contributed by atoms with Gasteiger partial charge in [0.1, 0.15) is 11.6 Å². The third-order valence-electron chi connectivity index (χ3n) is 2.99. The summed E-state index contributed by atoms with van der Waals surface area (Å²) in [4.78, 5) is 0. The molecule has 0 aliphatic rings. The Kier molecular flexibility index (Phi) is 3.81. The lowest BCUT2D eigenvalue weighted by atomic mass is 9.85. The number of nitrogens with two attached hydrogens (primary N) is 1. The van der Waals surface area contributed by atoms with E-state index in [1.807, 2.05) is 0 Å². The topological polar surface area (TPSA) is 26.0 Å². The summed E-state index contributed by atoms with van der Waals surface area (Å²) >= 11 is 11.7. The van der Waals surface area contributed by atoms with Crippen LogP contribution in [-0.2, 0) is 5.54 Å². The first kappa shape index (κ1) is 14.3. The van der Waals surface area contributed by atoms with Crippen LogP contribution in [0.25, 0.3) is 0 Å². The highest BCUT2D eigenvalue weighted by Gasteiger charge is 2.27. The van der Waals surface area contributed by atoms with E-state index in [9.17, 15) is 8.78 Å². The van der Waals surface area contributed by atoms with Crippen LogP contribution in [0, 0.1) is 11.6 Å². The minimum atomic E-state index is -1.12. The molecule has 2 N–H and O–H groups in total. The summed E-state index contributed by atoms with van der Waals surface area (Å²) < 4.78 is 26.8. The highest BCUT2D eigenvalue weighted by atomic mass is 35.5. The summed E-state index contributed by atoms with van der Waals surface area (Å²) in [5, 5.41) is 0.157. The van der Waals surface area contributed by atoms with Crippen LogP contribution in [0.4, 0.5) is 8.78 Å². The van der Waals surface area contributed by atoms with E-state index in [-0.39, 0.29) is 10.0 Å². The smallest absolute Gasteiger partial charge is 0.142 e. The van der Waals surface area contributed by atoms with E-state index in [0.29, 0.717) is 11.1 Å². The molecule has 2 rings (SSSR count). The highest BCUT2D eigenvalue weighted by Crippen LogP contribution is 2.34. The first-order valence-corrected chi connectivity index (χ1v) is 6.28. The normalized spacial score (nSPS) is 14.2. The molecular formula is C14H11Cl2F2N. The second-order valence-electron chi connectivity index (χ2n) is 4.46. The Bertz CT molecular complexity index is 627. The molecular weight excluding hydrogens is 291 g/mol. The van der Waals surface area contributed by atoms with Crippen LogP contribution in [0.2, 0.25) is 10.0 Å². The molecule has 0 saturated heterocycles. The number of hydrogen-bond acceptors (Lipinski definition) is 1. The Balaban J connectivity index is 2.59. The lowest BCUT2D eigenvalue weighted by molar-refractivity contribution is 0.570. The van der Waals surface area contributed by atoms with Gasteiger partial charge in [-0.2, -0.15) is 0 Å². The number of benzene rings is 2. The van der Waals surface area contributed by atoms with Gasteiger partial charge in [0, 0.05) is 5.02 Å². The lowest BCUT2D eigenvalue weighted by Crippen LogP contribution is -2.34. The van der Waals surface area contributed by atoms with Crippen molar-refractivity contribution in [2.75, 3.05) is 0 Å². The second kappa shape index (κ2) is 5.08. The molecule has 0 fully saturated rings. The summed E-state index contributed by atoms with van der Waals surface area (Å²) in [5.74, 6) is -1.03. The fourth-order valence-electron chi connectivity index (χ4n) is 1.89. The molecule has 0 aliphatic heterocycles. The van der Waals surface area contributed by atoms with E-state index in [1.165, 1.54) is 30.3 Å². The average molecular weight is 302 g/mol. The predicted molar refractivity (Wildman–Crippen MR) is 73.5 cm³/mol. The summed E-state index contributed by atoms with van der Waals surface area (Å²) in [6, 6.07) is 8.27. The maximum atomic E-state index is 13.6. The molecule has 100 valence electrons. The van der Waals surface area contributed by atoms with Crippen LogP contribution >= 0.6 is 23.2 Å². The molecule has 0 spiro atoms. The quantitative estimate of drug-likeness (QED) is 0.812. The second-order valence-corrected chi connectivity index (χ2v) is 5.27. The minimum absolute atomic E-state index is 0.0798. The van der Waals surface area contributed by atoms with Crippen molar-refractivity contribution < 1.29 is 8.78 Å². The van der Waals surface area contributed by atoms with Crippen LogP contribution in [0.5, 0.6) is 0 Å². The molecule has 0 heterocycles. The highest BCUT2D eigenvalue weighted by molar-refractivity contribution is 6.35. The van der Waals surface area contributed by atoms with E-state index in [4.69, 9.17) is 28.9 Å². The van der Waals surface area contributed by atoms with Gasteiger partial charge in [-0.25, -0.2) is 8.78 Å². The predicted octanol–water partition coefficient (Wildman–Crippen LogP) is 4.49. The largest absolute Gasteiger partial charge is 0.318 e. The van der Waals surface area contributed by atoms with Gasteiger partial charge in [-0.1, -0.05) is 35.3 Å². The maximum Gasteiger partial charge on any atom is 0.142 e. The fraction of sp³-hybridized carbons (Fsp3) is 0.143. The van der Waals surface area contributed by atoms with Crippen molar-refractivity contribution in [1.29, 1.82) is 0 Å². The molecule has 19 heavy (non-hydrogen) atoms. The Hall–Kier alpha value is -1.16. The minimum Gasteiger partial charge on any atom is -0.318 e. The van der Waals surface area contributed by atoms with Crippen LogP contribution < -0.4 is 5.73 Å². The molecule has 2 aromatic rings. The van der Waals surface area contributed by atoms with Crippen molar-refractivity contribution in [1.82, 2.24) is 0 Å². The fourth-order valence-corrected chi connectivity index (χ4v) is 2.47. The van der Waals surface area contributed by atoms with E-state index < -0.39 is 17.2 Å². The molecule has 0 saturated carbocycles. The molecule has 0 aromatic heterocycles. The summed E-state index contributed by atoms with van der Waals surface area (Å²) in [6.07, 6.45) is 0. The van der Waals surface area contributed by atoms with Gasteiger partial charge < -0.3 is 5.73 Å². The van der Waals surface area contributed by atoms with Gasteiger partial charge in [0.15, 0.2) is 0 Å². The molecule has 1 atom stereocenters. The Morgan fingerprint density at radius 1 is 1.05 bits per heavy atom. The van der Waals surface area contributed by atoms with Gasteiger partial charge in [-0.15, -0.1) is 0 Å².